The molecule has 0 aliphatic rings. The van der Waals surface area contributed by atoms with Crippen LogP contribution in [-0.4, -0.2) is 38.8 Å². The van der Waals surface area contributed by atoms with E-state index < -0.39 is 28.6 Å². The summed E-state index contributed by atoms with van der Waals surface area (Å²) in [5.74, 6) is -1.53. The summed E-state index contributed by atoms with van der Waals surface area (Å²) in [5.41, 5.74) is 0. The molecule has 0 radical (unpaired) electrons. The molecule has 0 spiro atoms. The zero-order valence-electron chi connectivity index (χ0n) is 15.2. The molecule has 0 aromatic rings. The van der Waals surface area contributed by atoms with E-state index in [1.54, 1.807) is 0 Å². The van der Waals surface area contributed by atoms with Crippen LogP contribution in [0.25, 0.3) is 0 Å². The van der Waals surface area contributed by atoms with Crippen LogP contribution in [0.3, 0.4) is 0 Å². The second-order valence-corrected chi connectivity index (χ2v) is 15.8. The summed E-state index contributed by atoms with van der Waals surface area (Å²) in [7, 11) is -3.83. The minimum absolute atomic E-state index is 0.177. The van der Waals surface area contributed by atoms with Gasteiger partial charge in [-0.15, -0.1) is 0 Å². The molecule has 0 fully saturated rings. The fourth-order valence-corrected chi connectivity index (χ4v) is 14.1. The summed E-state index contributed by atoms with van der Waals surface area (Å²) in [6.07, 6.45) is 1.64. The maximum Gasteiger partial charge on any atom is 0.303 e. The second-order valence-electron chi connectivity index (χ2n) is 6.38. The molecule has 0 aliphatic heterocycles. The minimum Gasteiger partial charge on any atom is -0.481 e. The van der Waals surface area contributed by atoms with Crippen LogP contribution >= 0.6 is 0 Å². The first-order valence-electron chi connectivity index (χ1n) is 8.92. The Kier molecular flexibility index (Phi) is 10.7. The number of hydrogen-bond acceptors (Lipinski definition) is 3. The van der Waals surface area contributed by atoms with E-state index in [4.69, 9.17) is 14.3 Å². The largest absolute Gasteiger partial charge is 0.481 e. The third-order valence-corrected chi connectivity index (χ3v) is 16.2. The lowest BCUT2D eigenvalue weighted by molar-refractivity contribution is -0.138. The molecule has 0 heterocycles. The topological polar surface area (TPSA) is 83.8 Å². The Bertz CT molecular complexity index is 341. The smallest absolute Gasteiger partial charge is 0.303 e. The van der Waals surface area contributed by atoms with Crippen molar-refractivity contribution in [2.24, 2.45) is 0 Å². The average molecular weight is 363 g/mol. The third kappa shape index (κ3) is 8.12. The predicted molar refractivity (Wildman–Crippen MR) is 97.9 cm³/mol. The molecular formula is C16H34O5Si2. The molecule has 0 aromatic carbocycles. The van der Waals surface area contributed by atoms with E-state index >= 15 is 0 Å². The van der Waals surface area contributed by atoms with E-state index in [9.17, 15) is 9.59 Å². The van der Waals surface area contributed by atoms with Crippen LogP contribution in [0.4, 0.5) is 0 Å². The van der Waals surface area contributed by atoms with Gasteiger partial charge in [-0.25, -0.2) is 0 Å². The standard InChI is InChI=1S/C16H34O5Si2/c1-5-22(6-2,7-3)21-23(8-4,13-9-11-15(17)18)14-10-12-16(19)20/h5-14H2,1-4H3,(H,17,18)(H,19,20). The van der Waals surface area contributed by atoms with Gasteiger partial charge in [-0.1, -0.05) is 27.7 Å². The van der Waals surface area contributed by atoms with E-state index in [0.29, 0.717) is 12.8 Å². The van der Waals surface area contributed by atoms with E-state index in [-0.39, 0.29) is 12.8 Å². The van der Waals surface area contributed by atoms with Crippen LogP contribution in [0.1, 0.15) is 53.4 Å². The maximum atomic E-state index is 10.8. The monoisotopic (exact) mass is 362 g/mol. The molecule has 0 saturated carbocycles. The summed E-state index contributed by atoms with van der Waals surface area (Å²) >= 11 is 0. The Morgan fingerprint density at radius 3 is 1.35 bits per heavy atom. The van der Waals surface area contributed by atoms with Gasteiger partial charge in [-0.3, -0.25) is 9.59 Å². The maximum absolute atomic E-state index is 10.8. The lowest BCUT2D eigenvalue weighted by Crippen LogP contribution is -2.50. The van der Waals surface area contributed by atoms with Crippen molar-refractivity contribution < 1.29 is 23.9 Å². The first kappa shape index (κ1) is 22.3. The van der Waals surface area contributed by atoms with Crippen molar-refractivity contribution in [2.45, 2.75) is 89.6 Å². The average Bonchev–Trinajstić information content (AvgIpc) is 2.51. The molecule has 0 saturated heterocycles. The summed E-state index contributed by atoms with van der Waals surface area (Å²) in [4.78, 5) is 21.7. The van der Waals surface area contributed by atoms with Crippen molar-refractivity contribution in [1.82, 2.24) is 0 Å². The Morgan fingerprint density at radius 1 is 0.739 bits per heavy atom. The van der Waals surface area contributed by atoms with Gasteiger partial charge in [-0.05, 0) is 49.1 Å². The van der Waals surface area contributed by atoms with E-state index in [0.717, 1.165) is 36.3 Å². The molecule has 0 bridgehead atoms. The molecule has 0 aromatic heterocycles. The molecule has 136 valence electrons. The summed E-state index contributed by atoms with van der Waals surface area (Å²) in [6, 6.07) is 5.85. The summed E-state index contributed by atoms with van der Waals surface area (Å²) in [6.45, 7) is 8.72. The highest BCUT2D eigenvalue weighted by atomic mass is 28.4. The van der Waals surface area contributed by atoms with Crippen molar-refractivity contribution in [3.05, 3.63) is 0 Å². The summed E-state index contributed by atoms with van der Waals surface area (Å²) < 4.78 is 6.88. The molecule has 0 unspecified atom stereocenters. The highest BCUT2D eigenvalue weighted by Gasteiger charge is 2.41. The fourth-order valence-electron chi connectivity index (χ4n) is 3.20. The zero-order valence-corrected chi connectivity index (χ0v) is 17.2. The molecular weight excluding hydrogens is 328 g/mol. The number of carboxylic acid groups (broad SMARTS) is 2. The van der Waals surface area contributed by atoms with Crippen LogP contribution in [-0.2, 0) is 13.7 Å². The van der Waals surface area contributed by atoms with Crippen molar-refractivity contribution >= 4 is 28.6 Å². The SMILES string of the molecule is CC[Si](CC)(CC)O[Si](CC)(CCCC(=O)O)CCCC(=O)O. The number of aliphatic carboxylic acids is 2. The number of carbonyl (C=O) groups is 2. The first-order valence-corrected chi connectivity index (χ1v) is 14.0. The molecule has 0 atom stereocenters. The molecule has 23 heavy (non-hydrogen) atoms. The van der Waals surface area contributed by atoms with Gasteiger partial charge in [0.25, 0.3) is 0 Å². The highest BCUT2D eigenvalue weighted by Crippen LogP contribution is 2.34. The van der Waals surface area contributed by atoms with Crippen LogP contribution in [0, 0.1) is 0 Å². The fraction of sp³-hybridized carbons (Fsp3) is 0.875. The van der Waals surface area contributed by atoms with E-state index in [2.05, 4.69) is 27.7 Å². The van der Waals surface area contributed by atoms with Crippen LogP contribution in [0.15, 0.2) is 0 Å². The minimum atomic E-state index is -2.07. The van der Waals surface area contributed by atoms with Gasteiger partial charge in [0.1, 0.15) is 0 Å². The number of carboxylic acids is 2. The van der Waals surface area contributed by atoms with Crippen LogP contribution in [0.5, 0.6) is 0 Å². The molecule has 0 aliphatic carbocycles. The van der Waals surface area contributed by atoms with Gasteiger partial charge in [0.15, 0.2) is 16.6 Å². The van der Waals surface area contributed by atoms with Crippen molar-refractivity contribution in [2.75, 3.05) is 0 Å². The van der Waals surface area contributed by atoms with Crippen LogP contribution < -0.4 is 0 Å². The summed E-state index contributed by atoms with van der Waals surface area (Å²) in [5, 5.41) is 17.8. The Balaban J connectivity index is 5.11. The van der Waals surface area contributed by atoms with Crippen molar-refractivity contribution in [3.63, 3.8) is 0 Å². The quantitative estimate of drug-likeness (QED) is 0.437. The Morgan fingerprint density at radius 2 is 1.09 bits per heavy atom. The zero-order chi connectivity index (χ0) is 17.9. The third-order valence-electron chi connectivity index (χ3n) is 5.06. The Labute approximate surface area is 142 Å². The highest BCUT2D eigenvalue weighted by molar-refractivity contribution is 6.87. The molecule has 0 amide bonds. The van der Waals surface area contributed by atoms with E-state index in [1.165, 1.54) is 0 Å². The lowest BCUT2D eigenvalue weighted by atomic mass is 10.3. The van der Waals surface area contributed by atoms with Crippen molar-refractivity contribution in [1.29, 1.82) is 0 Å². The van der Waals surface area contributed by atoms with Crippen molar-refractivity contribution in [3.8, 4) is 0 Å². The van der Waals surface area contributed by atoms with Gasteiger partial charge in [-0.2, -0.15) is 0 Å². The van der Waals surface area contributed by atoms with Gasteiger partial charge < -0.3 is 14.3 Å². The Hall–Kier alpha value is -0.666. The van der Waals surface area contributed by atoms with Gasteiger partial charge in [0.05, 0.1) is 0 Å². The first-order chi connectivity index (χ1) is 10.8. The molecule has 2 N–H and O–H groups in total. The normalized spacial score (nSPS) is 12.3. The second kappa shape index (κ2) is 11.0. The lowest BCUT2D eigenvalue weighted by Gasteiger charge is -2.41. The molecule has 0 rings (SSSR count). The number of hydrogen-bond donors (Lipinski definition) is 2. The molecule has 7 heteroatoms. The van der Waals surface area contributed by atoms with Gasteiger partial charge >= 0.3 is 11.9 Å². The predicted octanol–water partition coefficient (Wildman–Crippen LogP) is 4.70. The molecule has 5 nitrogen and oxygen atoms in total. The van der Waals surface area contributed by atoms with Gasteiger partial charge in [0.2, 0.25) is 0 Å². The number of rotatable bonds is 14. The van der Waals surface area contributed by atoms with Crippen LogP contribution in [0.2, 0.25) is 36.3 Å². The van der Waals surface area contributed by atoms with E-state index in [1.807, 2.05) is 0 Å². The van der Waals surface area contributed by atoms with Gasteiger partial charge in [0, 0.05) is 12.8 Å².